The van der Waals surface area contributed by atoms with E-state index in [0.717, 1.165) is 0 Å². The number of fused-ring (bicyclic) bond motifs is 1. The Hall–Kier alpha value is -2.08. The number of Topliss-reactive ketones (excluding diaryl/α,β-unsaturated/α-hetero) is 1. The lowest BCUT2D eigenvalue weighted by Crippen LogP contribution is -2.28. The van der Waals surface area contributed by atoms with Crippen LogP contribution in [0.25, 0.3) is 5.70 Å². The van der Waals surface area contributed by atoms with Gasteiger partial charge in [-0.05, 0) is 12.1 Å². The minimum absolute atomic E-state index is 0.103. The van der Waals surface area contributed by atoms with Crippen LogP contribution in [-0.4, -0.2) is 28.9 Å². The zero-order chi connectivity index (χ0) is 11.7. The van der Waals surface area contributed by atoms with E-state index in [0.29, 0.717) is 0 Å². The van der Waals surface area contributed by atoms with Crippen LogP contribution in [-0.2, 0) is 4.74 Å². The molecular formula is C10H8N2O4. The lowest BCUT2D eigenvalue weighted by atomic mass is 9.96. The Bertz CT molecular complexity index is 495. The lowest BCUT2D eigenvalue weighted by molar-refractivity contribution is -0.376. The van der Waals surface area contributed by atoms with E-state index in [1.54, 1.807) is 6.07 Å². The molecule has 1 heterocycles. The molecule has 1 aromatic rings. The van der Waals surface area contributed by atoms with Crippen molar-refractivity contribution in [3.63, 3.8) is 0 Å². The summed E-state index contributed by atoms with van der Waals surface area (Å²) in [5.41, 5.74) is 0.136. The van der Waals surface area contributed by atoms with Gasteiger partial charge in [-0.25, -0.2) is 4.98 Å². The Morgan fingerprint density at radius 2 is 2.31 bits per heavy atom. The molecule has 0 aromatic carbocycles. The van der Waals surface area contributed by atoms with Crippen LogP contribution in [0.1, 0.15) is 16.1 Å². The first-order valence-corrected chi connectivity index (χ1v) is 4.53. The molecule has 0 fully saturated rings. The molecule has 1 aliphatic rings. The van der Waals surface area contributed by atoms with Crippen LogP contribution < -0.4 is 0 Å². The summed E-state index contributed by atoms with van der Waals surface area (Å²) in [4.78, 5) is 25.9. The predicted molar refractivity (Wildman–Crippen MR) is 54.3 cm³/mol. The van der Waals surface area contributed by atoms with Crippen LogP contribution >= 0.6 is 0 Å². The number of hydrogen-bond donors (Lipinski definition) is 0. The van der Waals surface area contributed by atoms with Gasteiger partial charge in [0.2, 0.25) is 0 Å². The van der Waals surface area contributed by atoms with E-state index < -0.39 is 11.0 Å². The monoisotopic (exact) mass is 220 g/mol. The number of carbonyl (C=O) groups is 1. The molecule has 0 spiro atoms. The van der Waals surface area contributed by atoms with E-state index in [-0.39, 0.29) is 22.7 Å². The van der Waals surface area contributed by atoms with Gasteiger partial charge in [0.25, 0.3) is 5.70 Å². The highest BCUT2D eigenvalue weighted by atomic mass is 16.6. The van der Waals surface area contributed by atoms with Gasteiger partial charge in [-0.3, -0.25) is 14.9 Å². The number of ether oxygens (including phenoxy) is 1. The number of methoxy groups -OCH3 is 1. The number of aromatic nitrogens is 1. The van der Waals surface area contributed by atoms with Gasteiger partial charge in [0, 0.05) is 19.4 Å². The molecule has 1 aliphatic carbocycles. The molecule has 1 unspecified atom stereocenters. The van der Waals surface area contributed by atoms with Crippen LogP contribution in [0, 0.1) is 10.1 Å². The molecule has 0 saturated carbocycles. The Balaban J connectivity index is 2.62. The highest BCUT2D eigenvalue weighted by Crippen LogP contribution is 2.25. The van der Waals surface area contributed by atoms with E-state index in [4.69, 9.17) is 4.74 Å². The molecular weight excluding hydrogens is 212 g/mol. The van der Waals surface area contributed by atoms with Crippen molar-refractivity contribution in [2.24, 2.45) is 0 Å². The van der Waals surface area contributed by atoms with E-state index >= 15 is 0 Å². The number of ketones is 1. The summed E-state index contributed by atoms with van der Waals surface area (Å²) in [5.74, 6) is -0.309. The third kappa shape index (κ3) is 1.49. The molecule has 82 valence electrons. The highest BCUT2D eigenvalue weighted by molar-refractivity contribution is 6.06. The Morgan fingerprint density at radius 1 is 1.56 bits per heavy atom. The Labute approximate surface area is 90.7 Å². The maximum absolute atomic E-state index is 11.8. The maximum atomic E-state index is 11.8. The molecule has 0 N–H and O–H groups in total. The van der Waals surface area contributed by atoms with Gasteiger partial charge < -0.3 is 4.74 Å². The SMILES string of the molecule is COC1C=C([N+](=O)[O-])c2ncccc2C1=O. The second-order valence-corrected chi connectivity index (χ2v) is 3.23. The molecule has 0 bridgehead atoms. The minimum Gasteiger partial charge on any atom is -0.369 e. The van der Waals surface area contributed by atoms with Gasteiger partial charge in [-0.1, -0.05) is 0 Å². The van der Waals surface area contributed by atoms with E-state index in [1.165, 1.54) is 25.4 Å². The first-order chi connectivity index (χ1) is 7.65. The van der Waals surface area contributed by atoms with Crippen LogP contribution in [0.5, 0.6) is 0 Å². The molecule has 1 atom stereocenters. The van der Waals surface area contributed by atoms with Gasteiger partial charge in [0.15, 0.2) is 11.5 Å². The average Bonchev–Trinajstić information content (AvgIpc) is 2.29. The third-order valence-electron chi connectivity index (χ3n) is 2.33. The van der Waals surface area contributed by atoms with Crippen LogP contribution in [0.3, 0.4) is 0 Å². The second kappa shape index (κ2) is 3.82. The number of nitrogens with zero attached hydrogens (tertiary/aromatic N) is 2. The van der Waals surface area contributed by atoms with Crippen LogP contribution in [0.2, 0.25) is 0 Å². The number of nitro groups is 1. The van der Waals surface area contributed by atoms with Gasteiger partial charge in [0.1, 0.15) is 6.10 Å². The van der Waals surface area contributed by atoms with Gasteiger partial charge in [-0.15, -0.1) is 0 Å². The van der Waals surface area contributed by atoms with Crippen molar-refractivity contribution in [3.05, 3.63) is 45.8 Å². The largest absolute Gasteiger partial charge is 0.369 e. The van der Waals surface area contributed by atoms with Gasteiger partial charge in [-0.2, -0.15) is 0 Å². The zero-order valence-corrected chi connectivity index (χ0v) is 8.41. The molecule has 0 amide bonds. The fourth-order valence-electron chi connectivity index (χ4n) is 1.58. The first-order valence-electron chi connectivity index (χ1n) is 4.53. The summed E-state index contributed by atoms with van der Waals surface area (Å²) in [6.07, 6.45) is 1.69. The normalized spacial score (nSPS) is 18.9. The quantitative estimate of drug-likeness (QED) is 0.546. The first kappa shape index (κ1) is 10.4. The van der Waals surface area contributed by atoms with Crippen molar-refractivity contribution in [1.29, 1.82) is 0 Å². The number of rotatable bonds is 2. The van der Waals surface area contributed by atoms with Crippen molar-refractivity contribution in [3.8, 4) is 0 Å². The predicted octanol–water partition coefficient (Wildman–Crippen LogP) is 0.911. The highest BCUT2D eigenvalue weighted by Gasteiger charge is 2.34. The molecule has 6 nitrogen and oxygen atoms in total. The molecule has 2 rings (SSSR count). The smallest absolute Gasteiger partial charge is 0.294 e. The number of pyridine rings is 1. The zero-order valence-electron chi connectivity index (χ0n) is 8.41. The number of hydrogen-bond acceptors (Lipinski definition) is 5. The molecule has 0 aliphatic heterocycles. The van der Waals surface area contributed by atoms with E-state index in [9.17, 15) is 14.9 Å². The summed E-state index contributed by atoms with van der Waals surface area (Å²) in [6.45, 7) is 0. The van der Waals surface area contributed by atoms with E-state index in [1.807, 2.05) is 0 Å². The fraction of sp³-hybridized carbons (Fsp3) is 0.200. The Kier molecular flexibility index (Phi) is 2.49. The summed E-state index contributed by atoms with van der Waals surface area (Å²) >= 11 is 0. The van der Waals surface area contributed by atoms with Crippen molar-refractivity contribution in [1.82, 2.24) is 4.98 Å². The van der Waals surface area contributed by atoms with Crippen molar-refractivity contribution in [2.75, 3.05) is 7.11 Å². The molecule has 6 heteroatoms. The summed E-state index contributed by atoms with van der Waals surface area (Å²) < 4.78 is 4.88. The second-order valence-electron chi connectivity index (χ2n) is 3.23. The fourth-order valence-corrected chi connectivity index (χ4v) is 1.58. The molecule has 1 aromatic heterocycles. The minimum atomic E-state index is -0.905. The summed E-state index contributed by atoms with van der Waals surface area (Å²) in [5, 5.41) is 10.8. The molecule has 0 radical (unpaired) electrons. The third-order valence-corrected chi connectivity index (χ3v) is 2.33. The lowest BCUT2D eigenvalue weighted by Gasteiger charge is -2.16. The van der Waals surface area contributed by atoms with Gasteiger partial charge >= 0.3 is 0 Å². The van der Waals surface area contributed by atoms with Crippen LogP contribution in [0.15, 0.2) is 24.4 Å². The maximum Gasteiger partial charge on any atom is 0.294 e. The molecule has 0 saturated heterocycles. The summed E-state index contributed by atoms with van der Waals surface area (Å²) in [7, 11) is 1.33. The summed E-state index contributed by atoms with van der Waals surface area (Å²) in [6, 6.07) is 3.07. The average molecular weight is 220 g/mol. The number of carbonyl (C=O) groups excluding carboxylic acids is 1. The van der Waals surface area contributed by atoms with Gasteiger partial charge in [0.05, 0.1) is 10.5 Å². The van der Waals surface area contributed by atoms with Crippen molar-refractivity contribution in [2.45, 2.75) is 6.10 Å². The standard InChI is InChI=1S/C10H8N2O4/c1-16-8-5-7(12(14)15)9-6(10(8)13)3-2-4-11-9/h2-5,8H,1H3. The van der Waals surface area contributed by atoms with E-state index in [2.05, 4.69) is 4.98 Å². The van der Waals surface area contributed by atoms with Crippen LogP contribution in [0.4, 0.5) is 0 Å². The van der Waals surface area contributed by atoms with Crippen molar-refractivity contribution >= 4 is 11.5 Å². The molecule has 16 heavy (non-hydrogen) atoms. The van der Waals surface area contributed by atoms with Crippen molar-refractivity contribution < 1.29 is 14.5 Å². The topological polar surface area (TPSA) is 82.3 Å². The Morgan fingerprint density at radius 3 is 2.94 bits per heavy atom.